The van der Waals surface area contributed by atoms with Crippen LogP contribution < -0.4 is 5.73 Å². The third-order valence-corrected chi connectivity index (χ3v) is 3.75. The number of hydrogen-bond donors (Lipinski definition) is 3. The van der Waals surface area contributed by atoms with Gasteiger partial charge in [-0.15, -0.1) is 0 Å². The van der Waals surface area contributed by atoms with Gasteiger partial charge in [0.2, 0.25) is 0 Å². The zero-order chi connectivity index (χ0) is 13.0. The molecule has 3 nitrogen and oxygen atoms in total. The molecule has 96 valence electrons. The molecule has 1 aromatic rings. The number of hydrogen-bond acceptors (Lipinski definition) is 3. The Balaban J connectivity index is 2.91. The van der Waals surface area contributed by atoms with E-state index in [0.29, 0.717) is 16.5 Å². The first-order valence-corrected chi connectivity index (χ1v) is 7.17. The van der Waals surface area contributed by atoms with E-state index >= 15 is 0 Å². The van der Waals surface area contributed by atoms with Crippen molar-refractivity contribution in [3.63, 3.8) is 0 Å². The fourth-order valence-electron chi connectivity index (χ4n) is 1.64. The summed E-state index contributed by atoms with van der Waals surface area (Å²) in [4.78, 5) is 0. The van der Waals surface area contributed by atoms with Gasteiger partial charge in [-0.1, -0.05) is 35.7 Å². The van der Waals surface area contributed by atoms with E-state index in [-0.39, 0.29) is 5.75 Å². The van der Waals surface area contributed by atoms with Gasteiger partial charge in [-0.3, -0.25) is 0 Å². The van der Waals surface area contributed by atoms with Crippen LogP contribution in [0.15, 0.2) is 21.1 Å². The highest BCUT2D eigenvalue weighted by Crippen LogP contribution is 2.36. The Kier molecular flexibility index (Phi) is 5.92. The molecular formula is C12H17Br2NO2. The molecule has 0 saturated carbocycles. The van der Waals surface area contributed by atoms with Crippen molar-refractivity contribution in [3.05, 3.63) is 26.6 Å². The van der Waals surface area contributed by atoms with Crippen LogP contribution in [0.25, 0.3) is 0 Å². The predicted molar refractivity (Wildman–Crippen MR) is 76.0 cm³/mol. The molecule has 2 atom stereocenters. The van der Waals surface area contributed by atoms with Crippen LogP contribution in [-0.4, -0.2) is 16.3 Å². The zero-order valence-electron chi connectivity index (χ0n) is 9.66. The van der Waals surface area contributed by atoms with Crippen LogP contribution in [0.5, 0.6) is 5.75 Å². The molecule has 0 amide bonds. The van der Waals surface area contributed by atoms with E-state index in [1.165, 1.54) is 0 Å². The summed E-state index contributed by atoms with van der Waals surface area (Å²) >= 11 is 6.59. The molecule has 0 fully saturated rings. The standard InChI is InChI=1S/C12H17Br2NO2/c1-2-3-4-10(16)11(15)8-5-7(13)6-9(14)12(8)17/h5-6,10-11,16-17H,2-4,15H2,1H3/t10-,11+/m0/s1. The summed E-state index contributed by atoms with van der Waals surface area (Å²) in [6.07, 6.45) is 1.94. The number of phenols is 1. The van der Waals surface area contributed by atoms with Crippen molar-refractivity contribution in [1.29, 1.82) is 0 Å². The van der Waals surface area contributed by atoms with Crippen LogP contribution in [0.4, 0.5) is 0 Å². The zero-order valence-corrected chi connectivity index (χ0v) is 12.8. The molecular weight excluding hydrogens is 350 g/mol. The van der Waals surface area contributed by atoms with Gasteiger partial charge in [0.05, 0.1) is 16.6 Å². The van der Waals surface area contributed by atoms with E-state index in [0.717, 1.165) is 17.3 Å². The number of aromatic hydroxyl groups is 1. The molecule has 0 aliphatic rings. The number of benzene rings is 1. The van der Waals surface area contributed by atoms with Gasteiger partial charge in [-0.2, -0.15) is 0 Å². The van der Waals surface area contributed by atoms with Gasteiger partial charge < -0.3 is 15.9 Å². The van der Waals surface area contributed by atoms with Crippen LogP contribution >= 0.6 is 31.9 Å². The molecule has 0 spiro atoms. The van der Waals surface area contributed by atoms with E-state index < -0.39 is 12.1 Å². The SMILES string of the molecule is CCCC[C@H](O)[C@H](N)c1cc(Br)cc(Br)c1O. The lowest BCUT2D eigenvalue weighted by atomic mass is 9.98. The van der Waals surface area contributed by atoms with Crippen molar-refractivity contribution in [2.75, 3.05) is 0 Å². The molecule has 0 bridgehead atoms. The molecule has 0 heterocycles. The number of nitrogens with two attached hydrogens (primary N) is 1. The van der Waals surface area contributed by atoms with Crippen molar-refractivity contribution in [2.24, 2.45) is 5.73 Å². The topological polar surface area (TPSA) is 66.5 Å². The van der Waals surface area contributed by atoms with E-state index in [1.807, 2.05) is 0 Å². The number of aliphatic hydroxyl groups excluding tert-OH is 1. The first-order valence-electron chi connectivity index (χ1n) is 5.59. The molecule has 4 N–H and O–H groups in total. The molecule has 0 radical (unpaired) electrons. The maximum atomic E-state index is 9.94. The third-order valence-electron chi connectivity index (χ3n) is 2.68. The second-order valence-electron chi connectivity index (χ2n) is 4.06. The van der Waals surface area contributed by atoms with Gasteiger partial charge in [0.15, 0.2) is 0 Å². The lowest BCUT2D eigenvalue weighted by Crippen LogP contribution is -2.26. The predicted octanol–water partition coefficient (Wildman–Crippen LogP) is 3.47. The highest BCUT2D eigenvalue weighted by Gasteiger charge is 2.21. The summed E-state index contributed by atoms with van der Waals surface area (Å²) in [6, 6.07) is 2.90. The highest BCUT2D eigenvalue weighted by atomic mass is 79.9. The van der Waals surface area contributed by atoms with E-state index in [1.54, 1.807) is 12.1 Å². The quantitative estimate of drug-likeness (QED) is 0.747. The molecule has 0 saturated heterocycles. The van der Waals surface area contributed by atoms with Crippen molar-refractivity contribution in [3.8, 4) is 5.75 Å². The summed E-state index contributed by atoms with van der Waals surface area (Å²) in [5.74, 6) is 0.0937. The highest BCUT2D eigenvalue weighted by molar-refractivity contribution is 9.11. The Morgan fingerprint density at radius 3 is 2.59 bits per heavy atom. The van der Waals surface area contributed by atoms with Crippen LogP contribution in [0.3, 0.4) is 0 Å². The van der Waals surface area contributed by atoms with Gasteiger partial charge in [0.25, 0.3) is 0 Å². The van der Waals surface area contributed by atoms with Crippen LogP contribution in [0.2, 0.25) is 0 Å². The lowest BCUT2D eigenvalue weighted by molar-refractivity contribution is 0.131. The lowest BCUT2D eigenvalue weighted by Gasteiger charge is -2.20. The molecule has 0 aliphatic heterocycles. The van der Waals surface area contributed by atoms with E-state index in [4.69, 9.17) is 5.73 Å². The summed E-state index contributed by atoms with van der Waals surface area (Å²) in [6.45, 7) is 2.06. The monoisotopic (exact) mass is 365 g/mol. The average Bonchev–Trinajstić information content (AvgIpc) is 2.29. The molecule has 1 aromatic carbocycles. The van der Waals surface area contributed by atoms with Crippen molar-refractivity contribution in [1.82, 2.24) is 0 Å². The van der Waals surface area contributed by atoms with Crippen molar-refractivity contribution < 1.29 is 10.2 Å². The fraction of sp³-hybridized carbons (Fsp3) is 0.500. The second-order valence-corrected chi connectivity index (χ2v) is 5.83. The van der Waals surface area contributed by atoms with Gasteiger partial charge in [0, 0.05) is 10.0 Å². The fourth-order valence-corrected chi connectivity index (χ4v) is 2.90. The number of unbranched alkanes of at least 4 members (excludes halogenated alkanes) is 1. The van der Waals surface area contributed by atoms with Gasteiger partial charge in [-0.25, -0.2) is 0 Å². The van der Waals surface area contributed by atoms with Gasteiger partial charge >= 0.3 is 0 Å². The third kappa shape index (κ3) is 3.95. The Morgan fingerprint density at radius 2 is 2.00 bits per heavy atom. The summed E-state index contributed by atoms with van der Waals surface area (Å²) in [7, 11) is 0. The van der Waals surface area contributed by atoms with Gasteiger partial charge in [-0.05, 0) is 34.5 Å². The molecule has 0 unspecified atom stereocenters. The Bertz CT molecular complexity index is 385. The van der Waals surface area contributed by atoms with Crippen LogP contribution in [-0.2, 0) is 0 Å². The first-order chi connectivity index (χ1) is 7.97. The number of phenolic OH excluding ortho intramolecular Hbond substituents is 1. The minimum Gasteiger partial charge on any atom is -0.506 e. The molecule has 0 aliphatic carbocycles. The average molecular weight is 367 g/mol. The Morgan fingerprint density at radius 1 is 1.35 bits per heavy atom. The molecule has 0 aromatic heterocycles. The number of halogens is 2. The van der Waals surface area contributed by atoms with E-state index in [2.05, 4.69) is 38.8 Å². The normalized spacial score (nSPS) is 14.6. The molecule has 5 heteroatoms. The van der Waals surface area contributed by atoms with Crippen LogP contribution in [0, 0.1) is 0 Å². The molecule has 17 heavy (non-hydrogen) atoms. The van der Waals surface area contributed by atoms with Gasteiger partial charge in [0.1, 0.15) is 5.75 Å². The smallest absolute Gasteiger partial charge is 0.134 e. The van der Waals surface area contributed by atoms with Crippen molar-refractivity contribution >= 4 is 31.9 Å². The number of aliphatic hydroxyl groups is 1. The maximum absolute atomic E-state index is 9.94. The largest absolute Gasteiger partial charge is 0.506 e. The van der Waals surface area contributed by atoms with Crippen molar-refractivity contribution in [2.45, 2.75) is 38.3 Å². The minimum atomic E-state index is -0.637. The second kappa shape index (κ2) is 6.73. The Hall–Kier alpha value is -0.100. The number of rotatable bonds is 5. The summed E-state index contributed by atoms with van der Waals surface area (Å²) in [5.41, 5.74) is 6.52. The summed E-state index contributed by atoms with van der Waals surface area (Å²) < 4.78 is 1.38. The summed E-state index contributed by atoms with van der Waals surface area (Å²) in [5, 5.41) is 19.8. The molecule has 1 rings (SSSR count). The van der Waals surface area contributed by atoms with Crippen LogP contribution in [0.1, 0.15) is 37.8 Å². The minimum absolute atomic E-state index is 0.0937. The Labute approximate surface area is 118 Å². The first kappa shape index (κ1) is 15.0. The van der Waals surface area contributed by atoms with E-state index in [9.17, 15) is 10.2 Å². The maximum Gasteiger partial charge on any atom is 0.134 e.